The van der Waals surface area contributed by atoms with E-state index in [4.69, 9.17) is 16.7 Å². The van der Waals surface area contributed by atoms with Crippen LogP contribution in [0.3, 0.4) is 0 Å². The van der Waals surface area contributed by atoms with Crippen molar-refractivity contribution in [3.05, 3.63) is 29.3 Å². The number of carboxylic acid groups (broad SMARTS) is 1. The van der Waals surface area contributed by atoms with E-state index in [0.29, 0.717) is 24.4 Å². The maximum atomic E-state index is 12.2. The predicted molar refractivity (Wildman–Crippen MR) is 93.5 cm³/mol. The maximum Gasteiger partial charge on any atom is 0.317 e. The molecule has 2 N–H and O–H groups in total. The summed E-state index contributed by atoms with van der Waals surface area (Å²) in [5.74, 6) is -1.52. The van der Waals surface area contributed by atoms with Gasteiger partial charge in [0.1, 0.15) is 0 Å². The van der Waals surface area contributed by atoms with Crippen LogP contribution in [-0.2, 0) is 14.6 Å². The van der Waals surface area contributed by atoms with E-state index in [2.05, 4.69) is 5.32 Å². The number of carbonyl (C=O) groups is 2. The third kappa shape index (κ3) is 5.61. The number of urea groups is 1. The molecule has 25 heavy (non-hydrogen) atoms. The van der Waals surface area contributed by atoms with Crippen LogP contribution >= 0.6 is 11.6 Å². The molecule has 138 valence electrons. The molecule has 1 atom stereocenters. The zero-order chi connectivity index (χ0) is 18.4. The van der Waals surface area contributed by atoms with Gasteiger partial charge in [-0.2, -0.15) is 0 Å². The van der Waals surface area contributed by atoms with E-state index in [1.54, 1.807) is 0 Å². The van der Waals surface area contributed by atoms with Crippen LogP contribution in [0.2, 0.25) is 5.02 Å². The van der Waals surface area contributed by atoms with Gasteiger partial charge in [0.2, 0.25) is 0 Å². The van der Waals surface area contributed by atoms with E-state index in [9.17, 15) is 18.0 Å². The van der Waals surface area contributed by atoms with Gasteiger partial charge in [0.25, 0.3) is 0 Å². The van der Waals surface area contributed by atoms with Gasteiger partial charge in [-0.05, 0) is 43.5 Å². The van der Waals surface area contributed by atoms with Crippen molar-refractivity contribution in [1.82, 2.24) is 10.2 Å². The second-order valence-electron chi connectivity index (χ2n) is 5.98. The first kappa shape index (κ1) is 19.5. The van der Waals surface area contributed by atoms with Crippen molar-refractivity contribution in [3.63, 3.8) is 0 Å². The van der Waals surface area contributed by atoms with Crippen LogP contribution in [0, 0.1) is 5.92 Å². The van der Waals surface area contributed by atoms with Crippen LogP contribution in [0.25, 0.3) is 0 Å². The molecular formula is C16H21ClN2O5S. The van der Waals surface area contributed by atoms with Crippen molar-refractivity contribution in [1.29, 1.82) is 0 Å². The summed E-state index contributed by atoms with van der Waals surface area (Å²) in [6, 6.07) is 5.60. The van der Waals surface area contributed by atoms with Gasteiger partial charge in [0, 0.05) is 24.7 Å². The molecule has 0 saturated carbocycles. The topological polar surface area (TPSA) is 104 Å². The van der Waals surface area contributed by atoms with E-state index in [1.165, 1.54) is 29.2 Å². The van der Waals surface area contributed by atoms with Crippen molar-refractivity contribution >= 4 is 33.4 Å². The normalized spacial score (nSPS) is 18.0. The molecule has 0 aromatic heterocycles. The van der Waals surface area contributed by atoms with Gasteiger partial charge in [-0.1, -0.05) is 11.6 Å². The molecule has 1 fully saturated rings. The number of nitrogens with one attached hydrogen (secondary N) is 1. The van der Waals surface area contributed by atoms with E-state index < -0.39 is 21.7 Å². The van der Waals surface area contributed by atoms with E-state index in [0.717, 1.165) is 0 Å². The number of benzene rings is 1. The van der Waals surface area contributed by atoms with Crippen molar-refractivity contribution in [2.45, 2.75) is 24.2 Å². The first-order chi connectivity index (χ1) is 11.8. The van der Waals surface area contributed by atoms with Crippen molar-refractivity contribution in [2.24, 2.45) is 5.92 Å². The fourth-order valence-corrected chi connectivity index (χ4v) is 4.13. The average Bonchev–Trinajstić information content (AvgIpc) is 2.59. The lowest BCUT2D eigenvalue weighted by molar-refractivity contribution is -0.143. The van der Waals surface area contributed by atoms with Gasteiger partial charge >= 0.3 is 12.0 Å². The molecule has 1 aliphatic rings. The Morgan fingerprint density at radius 2 is 1.96 bits per heavy atom. The third-order valence-electron chi connectivity index (χ3n) is 4.10. The summed E-state index contributed by atoms with van der Waals surface area (Å²) in [5, 5.41) is 12.2. The molecule has 0 spiro atoms. The van der Waals surface area contributed by atoms with Gasteiger partial charge in [0.05, 0.1) is 16.6 Å². The number of piperidine rings is 1. The second kappa shape index (κ2) is 8.53. The van der Waals surface area contributed by atoms with Crippen molar-refractivity contribution in [2.75, 3.05) is 25.4 Å². The Balaban J connectivity index is 1.77. The first-order valence-corrected chi connectivity index (χ1v) is 10.1. The molecule has 2 amide bonds. The highest BCUT2D eigenvalue weighted by Gasteiger charge is 2.27. The Labute approximate surface area is 151 Å². The molecule has 0 aliphatic carbocycles. The minimum absolute atomic E-state index is 0.0906. The number of rotatable bonds is 6. The van der Waals surface area contributed by atoms with Gasteiger partial charge < -0.3 is 15.3 Å². The summed E-state index contributed by atoms with van der Waals surface area (Å²) < 4.78 is 24.4. The molecule has 1 aromatic rings. The van der Waals surface area contributed by atoms with Gasteiger partial charge in [-0.15, -0.1) is 0 Å². The Morgan fingerprint density at radius 1 is 1.28 bits per heavy atom. The maximum absolute atomic E-state index is 12.2. The number of carboxylic acids is 1. The van der Waals surface area contributed by atoms with Crippen LogP contribution < -0.4 is 5.32 Å². The van der Waals surface area contributed by atoms with E-state index in [1.807, 2.05) is 0 Å². The quantitative estimate of drug-likeness (QED) is 0.725. The molecule has 0 bridgehead atoms. The zero-order valence-electron chi connectivity index (χ0n) is 13.7. The number of amides is 2. The SMILES string of the molecule is O=C(O)C1CCCN(C(=O)NCCCS(=O)(=O)c2ccc(Cl)cc2)C1. The summed E-state index contributed by atoms with van der Waals surface area (Å²) in [4.78, 5) is 24.7. The van der Waals surface area contributed by atoms with Gasteiger partial charge in [0.15, 0.2) is 9.84 Å². The highest BCUT2D eigenvalue weighted by atomic mass is 35.5. The fourth-order valence-electron chi connectivity index (χ4n) is 2.69. The molecule has 1 aromatic carbocycles. The monoisotopic (exact) mass is 388 g/mol. The Hall–Kier alpha value is -1.80. The standard InChI is InChI=1S/C16H21ClN2O5S/c17-13-4-6-14(7-5-13)25(23,24)10-2-8-18-16(22)19-9-1-3-12(11-19)15(20)21/h4-7,12H,1-3,8-11H2,(H,18,22)(H,20,21). The lowest BCUT2D eigenvalue weighted by Gasteiger charge is -2.30. The van der Waals surface area contributed by atoms with Gasteiger partial charge in [-0.3, -0.25) is 4.79 Å². The number of aliphatic carboxylic acids is 1. The number of likely N-dealkylation sites (tertiary alicyclic amines) is 1. The highest BCUT2D eigenvalue weighted by molar-refractivity contribution is 7.91. The minimum atomic E-state index is -3.42. The minimum Gasteiger partial charge on any atom is -0.481 e. The molecule has 1 unspecified atom stereocenters. The molecule has 2 rings (SSSR count). The van der Waals surface area contributed by atoms with Gasteiger partial charge in [-0.25, -0.2) is 13.2 Å². The lowest BCUT2D eigenvalue weighted by Crippen LogP contribution is -2.47. The highest BCUT2D eigenvalue weighted by Crippen LogP contribution is 2.17. The Kier molecular flexibility index (Phi) is 6.66. The largest absolute Gasteiger partial charge is 0.481 e. The van der Waals surface area contributed by atoms with Crippen LogP contribution in [0.4, 0.5) is 4.79 Å². The summed E-state index contributed by atoms with van der Waals surface area (Å²) in [7, 11) is -3.42. The van der Waals surface area contributed by atoms with Crippen molar-refractivity contribution < 1.29 is 23.1 Å². The van der Waals surface area contributed by atoms with Crippen LogP contribution in [0.1, 0.15) is 19.3 Å². The predicted octanol–water partition coefficient (Wildman–Crippen LogP) is 2.01. The van der Waals surface area contributed by atoms with Crippen LogP contribution in [0.15, 0.2) is 29.2 Å². The second-order valence-corrected chi connectivity index (χ2v) is 8.53. The third-order valence-corrected chi connectivity index (χ3v) is 6.17. The Morgan fingerprint density at radius 3 is 2.60 bits per heavy atom. The summed E-state index contributed by atoms with van der Waals surface area (Å²) >= 11 is 5.74. The fraction of sp³-hybridized carbons (Fsp3) is 0.500. The van der Waals surface area contributed by atoms with Crippen LogP contribution in [0.5, 0.6) is 0 Å². The molecule has 9 heteroatoms. The molecule has 1 aliphatic heterocycles. The zero-order valence-corrected chi connectivity index (χ0v) is 15.2. The summed E-state index contributed by atoms with van der Waals surface area (Å²) in [6.07, 6.45) is 1.49. The lowest BCUT2D eigenvalue weighted by atomic mass is 9.99. The van der Waals surface area contributed by atoms with Crippen molar-refractivity contribution in [3.8, 4) is 0 Å². The number of carbonyl (C=O) groups excluding carboxylic acids is 1. The molecule has 0 radical (unpaired) electrons. The molecule has 1 heterocycles. The van der Waals surface area contributed by atoms with E-state index >= 15 is 0 Å². The summed E-state index contributed by atoms with van der Waals surface area (Å²) in [6.45, 7) is 0.906. The Bertz CT molecular complexity index is 721. The number of halogens is 1. The average molecular weight is 389 g/mol. The first-order valence-electron chi connectivity index (χ1n) is 8.03. The molecular weight excluding hydrogens is 368 g/mol. The molecule has 1 saturated heterocycles. The van der Waals surface area contributed by atoms with E-state index in [-0.39, 0.29) is 36.2 Å². The smallest absolute Gasteiger partial charge is 0.317 e. The number of nitrogens with zero attached hydrogens (tertiary/aromatic N) is 1. The summed E-state index contributed by atoms with van der Waals surface area (Å²) in [5.41, 5.74) is 0. The molecule has 7 nitrogen and oxygen atoms in total. The van der Waals surface area contributed by atoms with Crippen LogP contribution in [-0.4, -0.2) is 55.8 Å². The number of hydrogen-bond donors (Lipinski definition) is 2. The number of sulfone groups is 1. The number of hydrogen-bond acceptors (Lipinski definition) is 4.